The van der Waals surface area contributed by atoms with Crippen molar-refractivity contribution in [3.8, 4) is 0 Å². The Hall–Kier alpha value is -3.47. The number of hydrogen-bond acceptors (Lipinski definition) is 9. The maximum atomic E-state index is 16.0. The molecule has 7 rings (SSSR count). The lowest BCUT2D eigenvalue weighted by molar-refractivity contribution is -0.200. The molecule has 2 aromatic rings. The fraction of sp³-hybridized carbons (Fsp3) is 0.524. The molecule has 0 unspecified atom stereocenters. The minimum atomic E-state index is -5.08. The lowest BCUT2D eigenvalue weighted by Gasteiger charge is -2.59. The van der Waals surface area contributed by atoms with Gasteiger partial charge in [-0.2, -0.15) is 8.78 Å². The third kappa shape index (κ3) is 8.07. The minimum Gasteiger partial charge on any atom is -0.393 e. The summed E-state index contributed by atoms with van der Waals surface area (Å²) in [7, 11) is -5.08. The summed E-state index contributed by atoms with van der Waals surface area (Å²) in [5, 5.41) is 17.5. The molecule has 0 aromatic heterocycles. The average Bonchev–Trinajstić information content (AvgIpc) is 3.69. The molecule has 0 bridgehead atoms. The number of ether oxygens (including phenoxy) is 2. The topological polar surface area (TPSA) is 198 Å². The first-order valence-electron chi connectivity index (χ1n) is 19.7. The zero-order chi connectivity index (χ0) is 42.5. The van der Waals surface area contributed by atoms with Gasteiger partial charge in [-0.3, -0.25) is 23.7 Å². The van der Waals surface area contributed by atoms with Crippen LogP contribution in [0.3, 0.4) is 0 Å². The Morgan fingerprint density at radius 3 is 2.53 bits per heavy atom. The zero-order valence-corrected chi connectivity index (χ0v) is 35.1. The third-order valence-corrected chi connectivity index (χ3v) is 14.3. The number of halogens is 3. The molecule has 318 valence electrons. The summed E-state index contributed by atoms with van der Waals surface area (Å²) < 4.78 is 61.6. The van der Waals surface area contributed by atoms with E-state index in [0.717, 1.165) is 5.57 Å². The number of ketones is 2. The average molecular weight is 906 g/mol. The van der Waals surface area contributed by atoms with E-state index in [9.17, 15) is 38.6 Å². The monoisotopic (exact) mass is 904 g/mol. The van der Waals surface area contributed by atoms with Crippen LogP contribution < -0.4 is 10.6 Å². The number of nitrogens with one attached hydrogen (secondary N) is 2. The highest BCUT2D eigenvalue weighted by Gasteiger charge is 2.76. The summed E-state index contributed by atoms with van der Waals surface area (Å²) in [6, 6.07) is 10.6. The number of anilines is 1. The van der Waals surface area contributed by atoms with E-state index in [0.29, 0.717) is 44.2 Å². The number of hydrogen-bond donors (Lipinski definition) is 5. The van der Waals surface area contributed by atoms with Crippen molar-refractivity contribution in [2.45, 2.75) is 88.8 Å². The van der Waals surface area contributed by atoms with Crippen molar-refractivity contribution in [1.29, 1.82) is 0 Å². The van der Waals surface area contributed by atoms with Crippen LogP contribution in [-0.4, -0.2) is 74.6 Å². The molecule has 0 spiro atoms. The van der Waals surface area contributed by atoms with Crippen LogP contribution in [0.2, 0.25) is 0 Å². The van der Waals surface area contributed by atoms with Crippen LogP contribution in [0.1, 0.15) is 81.8 Å². The molecule has 17 heteroatoms. The van der Waals surface area contributed by atoms with E-state index in [2.05, 4.69) is 26.6 Å². The van der Waals surface area contributed by atoms with Gasteiger partial charge < -0.3 is 35.0 Å². The normalized spacial score (nSPS) is 32.3. The molecule has 9 atom stereocenters. The molecule has 0 radical (unpaired) electrons. The number of allylic oxidation sites excluding steroid dienone is 4. The molecule has 5 aliphatic rings. The van der Waals surface area contributed by atoms with Crippen LogP contribution in [0, 0.1) is 28.6 Å². The maximum Gasteiger partial charge on any atom is 0.470 e. The highest BCUT2D eigenvalue weighted by atomic mass is 79.9. The van der Waals surface area contributed by atoms with E-state index in [-0.39, 0.29) is 70.3 Å². The highest BCUT2D eigenvalue weighted by molar-refractivity contribution is 9.09. The van der Waals surface area contributed by atoms with Crippen molar-refractivity contribution in [2.24, 2.45) is 28.6 Å². The summed E-state index contributed by atoms with van der Waals surface area (Å²) in [6.07, 6.45) is 4.80. The number of carbonyl (C=O) groups excluding carboxylic acids is 4. The number of amides is 2. The zero-order valence-electron chi connectivity index (χ0n) is 32.6. The molecule has 1 aliphatic heterocycles. The quantitative estimate of drug-likeness (QED) is 0.0827. The number of phosphoric ester groups is 1. The van der Waals surface area contributed by atoms with Gasteiger partial charge in [0.1, 0.15) is 6.61 Å². The smallest absolute Gasteiger partial charge is 0.393 e. The summed E-state index contributed by atoms with van der Waals surface area (Å²) in [5.41, 5.74) is -2.74. The van der Waals surface area contributed by atoms with Gasteiger partial charge in [-0.05, 0) is 74.6 Å². The van der Waals surface area contributed by atoms with Crippen molar-refractivity contribution in [2.75, 3.05) is 23.8 Å². The van der Waals surface area contributed by atoms with Crippen molar-refractivity contribution < 1.29 is 61.4 Å². The standard InChI is InChI=1S/C42H48BrF2N2O11P/c1-39-16-15-29(48)19-26(39)13-14-30-31-20-34-41(33(50)23-56-59(53,54)55,40(31,2)21-32(49)37(30)39)58-38(57-34)24-9-11-25(12-10-24)42(44,45)27-6-5-7-28(18-27)47-35(51)8-3-4-17-46-36(52)22-43/h5-7,9-12,15-16,18-19,30-32,34,37-38,49H,3-4,8,13-14,17,20-23H2,1-2H3,(H,46,52)(H,47,51)(H2,53,54,55)/t30-,31-,32-,34+,37+,38+,39-,40-,41+/m0/s1. The van der Waals surface area contributed by atoms with Gasteiger partial charge in [0.15, 0.2) is 23.5 Å². The van der Waals surface area contributed by atoms with Gasteiger partial charge in [0.05, 0.1) is 17.5 Å². The third-order valence-electron chi connectivity index (χ3n) is 13.3. The number of Topliss-reactive ketones (excluding diaryl/α,β-unsaturated/α-hetero) is 1. The second kappa shape index (κ2) is 16.4. The van der Waals surface area contributed by atoms with E-state index in [1.807, 2.05) is 19.9 Å². The van der Waals surface area contributed by atoms with Gasteiger partial charge in [-0.15, -0.1) is 0 Å². The number of aliphatic hydroxyl groups excluding tert-OH is 1. The summed E-state index contributed by atoms with van der Waals surface area (Å²) in [5.74, 6) is -5.49. The Morgan fingerprint density at radius 1 is 1.07 bits per heavy atom. The predicted octanol–water partition coefficient (Wildman–Crippen LogP) is 6.17. The molecule has 4 fully saturated rings. The van der Waals surface area contributed by atoms with Crippen LogP contribution in [0.15, 0.2) is 72.3 Å². The van der Waals surface area contributed by atoms with Crippen molar-refractivity contribution in [1.82, 2.24) is 5.32 Å². The fourth-order valence-corrected chi connectivity index (χ4v) is 11.2. The molecule has 3 saturated carbocycles. The number of aliphatic hydroxyl groups is 1. The Morgan fingerprint density at radius 2 is 1.81 bits per heavy atom. The van der Waals surface area contributed by atoms with Crippen molar-refractivity contribution in [3.05, 3.63) is 89.0 Å². The van der Waals surface area contributed by atoms with Crippen molar-refractivity contribution in [3.63, 3.8) is 0 Å². The first kappa shape index (κ1) is 43.6. The second-order valence-electron chi connectivity index (χ2n) is 16.7. The minimum absolute atomic E-state index is 0.0830. The molecule has 1 saturated heterocycles. The van der Waals surface area contributed by atoms with E-state index < -0.39 is 61.1 Å². The van der Waals surface area contributed by atoms with Crippen molar-refractivity contribution >= 4 is 52.8 Å². The molecule has 5 N–H and O–H groups in total. The number of phosphoric acid groups is 1. The van der Waals surface area contributed by atoms with E-state index in [4.69, 9.17) is 14.0 Å². The maximum absolute atomic E-state index is 16.0. The fourth-order valence-electron chi connectivity index (χ4n) is 10.7. The Labute approximate surface area is 348 Å². The van der Waals surface area contributed by atoms with E-state index in [1.165, 1.54) is 54.6 Å². The molecule has 4 aliphatic carbocycles. The van der Waals surface area contributed by atoms with Gasteiger partial charge in [0.25, 0.3) is 5.92 Å². The number of carbonyl (C=O) groups is 4. The van der Waals surface area contributed by atoms with Crippen LogP contribution in [0.4, 0.5) is 14.5 Å². The Bertz CT molecular complexity index is 2110. The number of benzene rings is 2. The molecule has 1 heterocycles. The van der Waals surface area contributed by atoms with Gasteiger partial charge in [-0.1, -0.05) is 77.8 Å². The van der Waals surface area contributed by atoms with Gasteiger partial charge in [0, 0.05) is 52.1 Å². The molecule has 59 heavy (non-hydrogen) atoms. The first-order chi connectivity index (χ1) is 27.8. The summed E-state index contributed by atoms with van der Waals surface area (Å²) in [6.45, 7) is 3.28. The molecular weight excluding hydrogens is 857 g/mol. The van der Waals surface area contributed by atoms with Gasteiger partial charge in [-0.25, -0.2) is 4.57 Å². The highest BCUT2D eigenvalue weighted by Crippen LogP contribution is 2.70. The SMILES string of the molecule is C[C@]12C=CC(=O)C=C1CC[C@@H]1[C@@H]2[C@@H](O)C[C@@]2(C)[C@H]1C[C@H]1O[C@@H](c3ccc(C(F)(F)c4cccc(NC(=O)CCCCNC(=O)CBr)c4)cc3)O[C@]12C(=O)COP(=O)(O)O. The molecular formula is C42H48BrF2N2O11P. The van der Waals surface area contributed by atoms with Gasteiger partial charge >= 0.3 is 7.82 Å². The van der Waals surface area contributed by atoms with Crippen LogP contribution in [0.25, 0.3) is 0 Å². The molecule has 13 nitrogen and oxygen atoms in total. The number of unbranched alkanes of at least 4 members (excludes halogenated alkanes) is 1. The van der Waals surface area contributed by atoms with Crippen LogP contribution >= 0.6 is 23.8 Å². The lowest BCUT2D eigenvalue weighted by Crippen LogP contribution is -2.63. The predicted molar refractivity (Wildman–Crippen MR) is 213 cm³/mol. The van der Waals surface area contributed by atoms with E-state index in [1.54, 1.807) is 6.08 Å². The van der Waals surface area contributed by atoms with E-state index >= 15 is 8.78 Å². The lowest BCUT2D eigenvalue weighted by atomic mass is 9.46. The first-order valence-corrected chi connectivity index (χ1v) is 22.4. The Kier molecular flexibility index (Phi) is 12.1. The second-order valence-corrected chi connectivity index (χ2v) is 18.5. The number of alkyl halides is 3. The Balaban J connectivity index is 1.09. The summed E-state index contributed by atoms with van der Waals surface area (Å²) >= 11 is 3.06. The van der Waals surface area contributed by atoms with Crippen LogP contribution in [-0.2, 0) is 43.7 Å². The largest absolute Gasteiger partial charge is 0.470 e. The van der Waals surface area contributed by atoms with Crippen LogP contribution in [0.5, 0.6) is 0 Å². The number of rotatable bonds is 14. The molecule has 2 aromatic carbocycles. The summed E-state index contributed by atoms with van der Waals surface area (Å²) in [4.78, 5) is 69.5. The number of fused-ring (bicyclic) bond motifs is 7. The molecule has 2 amide bonds. The van der Waals surface area contributed by atoms with Gasteiger partial charge in [0.2, 0.25) is 11.8 Å².